The summed E-state index contributed by atoms with van der Waals surface area (Å²) in [5.74, 6) is 0.340. The first-order chi connectivity index (χ1) is 16.1. The van der Waals surface area contributed by atoms with Gasteiger partial charge in [0.2, 0.25) is 5.91 Å². The summed E-state index contributed by atoms with van der Waals surface area (Å²) in [7, 11) is 0. The zero-order valence-electron chi connectivity index (χ0n) is 17.9. The number of carbonyl (C=O) groups is 3. The summed E-state index contributed by atoms with van der Waals surface area (Å²) in [6.45, 7) is 0.619. The molecule has 0 radical (unpaired) electrons. The van der Waals surface area contributed by atoms with Gasteiger partial charge in [-0.3, -0.25) is 19.3 Å². The molecule has 7 nitrogen and oxygen atoms in total. The molecule has 168 valence electrons. The van der Waals surface area contributed by atoms with Crippen LogP contribution in [0, 0.1) is 0 Å². The second-order valence-corrected chi connectivity index (χ2v) is 9.06. The van der Waals surface area contributed by atoms with Crippen molar-refractivity contribution in [3.8, 4) is 5.75 Å². The van der Waals surface area contributed by atoms with Crippen molar-refractivity contribution in [3.05, 3.63) is 71.3 Å². The van der Waals surface area contributed by atoms with Crippen LogP contribution in [0.15, 0.2) is 65.7 Å². The molecular weight excluding hydrogens is 438 g/mol. The van der Waals surface area contributed by atoms with Crippen LogP contribution >= 0.6 is 11.8 Å². The van der Waals surface area contributed by atoms with Gasteiger partial charge in [-0.05, 0) is 48.9 Å². The van der Waals surface area contributed by atoms with Gasteiger partial charge in [-0.2, -0.15) is 0 Å². The number of imide groups is 1. The Morgan fingerprint density at radius 2 is 1.85 bits per heavy atom. The molecule has 2 aliphatic rings. The summed E-state index contributed by atoms with van der Waals surface area (Å²) >= 11 is 0.926. The normalized spacial score (nSPS) is 17.2. The minimum Gasteiger partial charge on any atom is -0.492 e. The first-order valence-electron chi connectivity index (χ1n) is 10.9. The Balaban J connectivity index is 1.32. The van der Waals surface area contributed by atoms with Crippen molar-refractivity contribution in [2.45, 2.75) is 25.4 Å². The second-order valence-electron chi connectivity index (χ2n) is 8.07. The Bertz CT molecular complexity index is 1250. The summed E-state index contributed by atoms with van der Waals surface area (Å²) in [6, 6.07) is 17.3. The molecule has 1 saturated carbocycles. The molecule has 2 heterocycles. The van der Waals surface area contributed by atoms with Crippen LogP contribution in [0.1, 0.15) is 18.4 Å². The van der Waals surface area contributed by atoms with Gasteiger partial charge >= 0.3 is 0 Å². The maximum atomic E-state index is 12.9. The Morgan fingerprint density at radius 3 is 2.64 bits per heavy atom. The Kier molecular flexibility index (Phi) is 5.92. The van der Waals surface area contributed by atoms with E-state index in [-0.39, 0.29) is 36.7 Å². The number of carbonyl (C=O) groups excluding carboxylic acids is 3. The Morgan fingerprint density at radius 1 is 1.09 bits per heavy atom. The molecule has 1 saturated heterocycles. The summed E-state index contributed by atoms with van der Waals surface area (Å²) in [5, 5.41) is 3.62. The highest BCUT2D eigenvalue weighted by atomic mass is 32.2. The van der Waals surface area contributed by atoms with Crippen molar-refractivity contribution in [2.24, 2.45) is 0 Å². The molecule has 1 aromatic heterocycles. The highest BCUT2D eigenvalue weighted by Crippen LogP contribution is 2.34. The van der Waals surface area contributed by atoms with E-state index in [1.54, 1.807) is 6.08 Å². The number of ether oxygens (including phenoxy) is 1. The summed E-state index contributed by atoms with van der Waals surface area (Å²) < 4.78 is 7.52. The number of hydrogen-bond donors (Lipinski definition) is 1. The molecule has 0 spiro atoms. The minimum atomic E-state index is -0.329. The predicted molar refractivity (Wildman–Crippen MR) is 128 cm³/mol. The van der Waals surface area contributed by atoms with E-state index >= 15 is 0 Å². The quantitative estimate of drug-likeness (QED) is 0.512. The van der Waals surface area contributed by atoms with Crippen LogP contribution < -0.4 is 10.1 Å². The van der Waals surface area contributed by atoms with Gasteiger partial charge in [-0.1, -0.05) is 36.4 Å². The van der Waals surface area contributed by atoms with E-state index in [4.69, 9.17) is 4.74 Å². The molecule has 1 aliphatic heterocycles. The van der Waals surface area contributed by atoms with E-state index in [1.165, 1.54) is 4.90 Å². The Hall–Kier alpha value is -3.52. The van der Waals surface area contributed by atoms with Crippen molar-refractivity contribution >= 4 is 45.8 Å². The van der Waals surface area contributed by atoms with Crippen molar-refractivity contribution in [3.63, 3.8) is 0 Å². The first kappa shape index (κ1) is 21.3. The number of aromatic nitrogens is 1. The molecule has 3 aromatic rings. The molecule has 3 amide bonds. The van der Waals surface area contributed by atoms with Gasteiger partial charge in [0, 0.05) is 28.7 Å². The number of benzene rings is 2. The van der Waals surface area contributed by atoms with Crippen molar-refractivity contribution in [1.29, 1.82) is 0 Å². The fourth-order valence-electron chi connectivity index (χ4n) is 3.78. The average molecular weight is 462 g/mol. The lowest BCUT2D eigenvalue weighted by Gasteiger charge is -2.13. The number of fused-ring (bicyclic) bond motifs is 1. The number of nitrogens with one attached hydrogen (secondary N) is 1. The average Bonchev–Trinajstić information content (AvgIpc) is 3.51. The summed E-state index contributed by atoms with van der Waals surface area (Å²) in [5.41, 5.74) is 1.71. The topological polar surface area (TPSA) is 80.6 Å². The Labute approximate surface area is 195 Å². The largest absolute Gasteiger partial charge is 0.492 e. The van der Waals surface area contributed by atoms with Crippen LogP contribution in [-0.4, -0.2) is 45.7 Å². The maximum absolute atomic E-state index is 12.9. The van der Waals surface area contributed by atoms with Gasteiger partial charge in [-0.25, -0.2) is 0 Å². The van der Waals surface area contributed by atoms with Gasteiger partial charge in [0.1, 0.15) is 18.9 Å². The third-order valence-corrected chi connectivity index (χ3v) is 6.47. The zero-order chi connectivity index (χ0) is 22.8. The van der Waals surface area contributed by atoms with Crippen molar-refractivity contribution in [1.82, 2.24) is 14.8 Å². The van der Waals surface area contributed by atoms with Crippen LogP contribution in [0.25, 0.3) is 17.0 Å². The zero-order valence-corrected chi connectivity index (χ0v) is 18.7. The molecule has 0 bridgehead atoms. The second kappa shape index (κ2) is 9.15. The van der Waals surface area contributed by atoms with E-state index in [1.807, 2.05) is 65.4 Å². The van der Waals surface area contributed by atoms with E-state index in [2.05, 4.69) is 5.32 Å². The molecule has 8 heteroatoms. The maximum Gasteiger partial charge on any atom is 0.293 e. The minimum absolute atomic E-state index is 0.0245. The van der Waals surface area contributed by atoms with Crippen LogP contribution in [-0.2, 0) is 16.1 Å². The van der Waals surface area contributed by atoms with E-state index in [0.29, 0.717) is 16.7 Å². The number of rotatable bonds is 8. The van der Waals surface area contributed by atoms with Crippen LogP contribution in [0.2, 0.25) is 0 Å². The molecule has 2 fully saturated rings. The van der Waals surface area contributed by atoms with Gasteiger partial charge in [0.15, 0.2) is 0 Å². The molecule has 2 aromatic carbocycles. The number of hydrogen-bond acceptors (Lipinski definition) is 5. The molecule has 5 rings (SSSR count). The lowest BCUT2D eigenvalue weighted by molar-refractivity contribution is -0.123. The third-order valence-electron chi connectivity index (χ3n) is 5.56. The molecule has 0 unspecified atom stereocenters. The smallest absolute Gasteiger partial charge is 0.293 e. The molecule has 0 atom stereocenters. The fraction of sp³-hybridized carbons (Fsp3) is 0.240. The van der Waals surface area contributed by atoms with Crippen LogP contribution in [0.3, 0.4) is 0 Å². The van der Waals surface area contributed by atoms with E-state index in [9.17, 15) is 14.4 Å². The lowest BCUT2D eigenvalue weighted by Crippen LogP contribution is -2.32. The standard InChI is InChI=1S/C25H23N3O4S/c29-23(26-18-10-11-18)16-27-15-17(20-8-4-5-9-21(20)27)14-22-24(30)28(25(31)33-22)12-13-32-19-6-2-1-3-7-19/h1-9,14-15,18H,10-13,16H2,(H,26,29)/b22-14-. The number of para-hydroxylation sites is 2. The third kappa shape index (κ3) is 4.80. The number of nitrogens with zero attached hydrogens (tertiary/aromatic N) is 2. The SMILES string of the molecule is O=C(Cn1cc(/C=C2\SC(=O)N(CCOc3ccccc3)C2=O)c2ccccc21)NC1CC1. The summed E-state index contributed by atoms with van der Waals surface area (Å²) in [4.78, 5) is 39.3. The summed E-state index contributed by atoms with van der Waals surface area (Å²) in [6.07, 6.45) is 5.68. The first-order valence-corrected chi connectivity index (χ1v) is 11.7. The number of thioether (sulfide) groups is 1. The van der Waals surface area contributed by atoms with Crippen molar-refractivity contribution < 1.29 is 19.1 Å². The molecule has 1 aliphatic carbocycles. The lowest BCUT2D eigenvalue weighted by atomic mass is 10.1. The van der Waals surface area contributed by atoms with Gasteiger partial charge in [-0.15, -0.1) is 0 Å². The van der Waals surface area contributed by atoms with Crippen LogP contribution in [0.4, 0.5) is 4.79 Å². The van der Waals surface area contributed by atoms with Crippen LogP contribution in [0.5, 0.6) is 5.75 Å². The fourth-order valence-corrected chi connectivity index (χ4v) is 4.64. The molecular formula is C25H23N3O4S. The van der Waals surface area contributed by atoms with Gasteiger partial charge in [0.25, 0.3) is 11.1 Å². The van der Waals surface area contributed by atoms with E-state index < -0.39 is 0 Å². The molecule has 1 N–H and O–H groups in total. The molecule has 33 heavy (non-hydrogen) atoms. The number of amides is 3. The highest BCUT2D eigenvalue weighted by molar-refractivity contribution is 8.18. The predicted octanol–water partition coefficient (Wildman–Crippen LogP) is 4.04. The highest BCUT2D eigenvalue weighted by Gasteiger charge is 2.35. The van der Waals surface area contributed by atoms with Gasteiger partial charge in [0.05, 0.1) is 11.4 Å². The monoisotopic (exact) mass is 461 g/mol. The van der Waals surface area contributed by atoms with Crippen molar-refractivity contribution in [2.75, 3.05) is 13.2 Å². The van der Waals surface area contributed by atoms with Gasteiger partial charge < -0.3 is 14.6 Å². The van der Waals surface area contributed by atoms with E-state index in [0.717, 1.165) is 41.1 Å².